The molecular weight excluding hydrogens is 294 g/mol. The van der Waals surface area contributed by atoms with E-state index in [1.165, 1.54) is 14.0 Å². The van der Waals surface area contributed by atoms with E-state index in [4.69, 9.17) is 0 Å². The smallest absolute Gasteiger partial charge is 0.256 e. The van der Waals surface area contributed by atoms with Crippen LogP contribution in [-0.4, -0.2) is 29.2 Å². The maximum Gasteiger partial charge on any atom is 0.256 e. The first kappa shape index (κ1) is 13.3. The fourth-order valence-electron chi connectivity index (χ4n) is 1.17. The van der Waals surface area contributed by atoms with Crippen LogP contribution in [0.5, 0.6) is 0 Å². The Morgan fingerprint density at radius 1 is 1.56 bits per heavy atom. The second-order valence-corrected chi connectivity index (χ2v) is 5.02. The number of nitrogens with one attached hydrogen (secondary N) is 1. The van der Waals surface area contributed by atoms with E-state index >= 15 is 0 Å². The highest BCUT2D eigenvalue weighted by molar-refractivity contribution is 9.09. The standard InChI is InChI=1S/C10H12BrNO3S/c1-10(15,9(14)12-2)8-4-3-7(16-8)6(13)5-11/h3-4,15H,5H2,1-2H3,(H,12,14)/t10-/m1/s1. The monoisotopic (exact) mass is 305 g/mol. The Morgan fingerprint density at radius 2 is 2.19 bits per heavy atom. The summed E-state index contributed by atoms with van der Waals surface area (Å²) in [6, 6.07) is 3.21. The molecule has 0 aliphatic heterocycles. The van der Waals surface area contributed by atoms with Crippen LogP contribution >= 0.6 is 27.3 Å². The quantitative estimate of drug-likeness (QED) is 0.650. The van der Waals surface area contributed by atoms with Crippen molar-refractivity contribution < 1.29 is 14.7 Å². The highest BCUT2D eigenvalue weighted by Crippen LogP contribution is 2.28. The molecule has 1 aromatic rings. The molecule has 6 heteroatoms. The van der Waals surface area contributed by atoms with Gasteiger partial charge < -0.3 is 10.4 Å². The Hall–Kier alpha value is -0.720. The lowest BCUT2D eigenvalue weighted by Gasteiger charge is -2.19. The van der Waals surface area contributed by atoms with Crippen LogP contribution in [0.15, 0.2) is 12.1 Å². The van der Waals surface area contributed by atoms with Gasteiger partial charge >= 0.3 is 0 Å². The van der Waals surface area contributed by atoms with Crippen molar-refractivity contribution >= 4 is 39.0 Å². The second kappa shape index (κ2) is 5.07. The molecule has 0 saturated carbocycles. The molecule has 4 nitrogen and oxygen atoms in total. The summed E-state index contributed by atoms with van der Waals surface area (Å²) in [5.74, 6) is -0.559. The minimum Gasteiger partial charge on any atom is -0.375 e. The third kappa shape index (κ3) is 2.50. The number of rotatable bonds is 4. The van der Waals surface area contributed by atoms with E-state index < -0.39 is 11.5 Å². The number of aliphatic hydroxyl groups is 1. The number of halogens is 1. The number of amides is 1. The van der Waals surface area contributed by atoms with Crippen molar-refractivity contribution in [3.8, 4) is 0 Å². The van der Waals surface area contributed by atoms with E-state index in [1.807, 2.05) is 0 Å². The number of hydrogen-bond acceptors (Lipinski definition) is 4. The number of Topliss-reactive ketones (excluding diaryl/α,β-unsaturated/α-hetero) is 1. The average molecular weight is 306 g/mol. The Labute approximate surface area is 106 Å². The molecule has 1 aromatic heterocycles. The average Bonchev–Trinajstić information content (AvgIpc) is 2.76. The van der Waals surface area contributed by atoms with Crippen LogP contribution in [0.3, 0.4) is 0 Å². The molecule has 0 aromatic carbocycles. The predicted octanol–water partition coefficient (Wildman–Crippen LogP) is 1.28. The third-order valence-corrected chi connectivity index (χ3v) is 4.00. The molecule has 0 radical (unpaired) electrons. The van der Waals surface area contributed by atoms with Crippen molar-refractivity contribution in [1.82, 2.24) is 5.32 Å². The zero-order valence-corrected chi connectivity index (χ0v) is 11.3. The van der Waals surface area contributed by atoms with Gasteiger partial charge in [0.25, 0.3) is 5.91 Å². The van der Waals surface area contributed by atoms with Gasteiger partial charge in [0.2, 0.25) is 0 Å². The zero-order chi connectivity index (χ0) is 12.3. The topological polar surface area (TPSA) is 66.4 Å². The van der Waals surface area contributed by atoms with Gasteiger partial charge in [-0.05, 0) is 19.1 Å². The Morgan fingerprint density at radius 3 is 2.69 bits per heavy atom. The lowest BCUT2D eigenvalue weighted by atomic mass is 10.0. The minimum absolute atomic E-state index is 0.0658. The summed E-state index contributed by atoms with van der Waals surface area (Å²) < 4.78 is 0. The number of hydrogen-bond donors (Lipinski definition) is 2. The molecule has 88 valence electrons. The van der Waals surface area contributed by atoms with Gasteiger partial charge in [-0.25, -0.2) is 0 Å². The molecule has 1 heterocycles. The van der Waals surface area contributed by atoms with E-state index in [9.17, 15) is 14.7 Å². The Bertz CT molecular complexity index is 414. The normalized spacial score (nSPS) is 14.2. The molecular formula is C10H12BrNO3S. The first-order valence-corrected chi connectivity index (χ1v) is 6.51. The van der Waals surface area contributed by atoms with Gasteiger partial charge in [-0.1, -0.05) is 15.9 Å². The lowest BCUT2D eigenvalue weighted by molar-refractivity contribution is -0.138. The number of likely N-dealkylation sites (N-methyl/N-ethyl adjacent to an activating group) is 1. The molecule has 1 atom stereocenters. The molecule has 0 aliphatic rings. The fourth-order valence-corrected chi connectivity index (χ4v) is 2.64. The Kier molecular flexibility index (Phi) is 4.23. The lowest BCUT2D eigenvalue weighted by Crippen LogP contribution is -2.39. The molecule has 0 bridgehead atoms. The van der Waals surface area contributed by atoms with Crippen LogP contribution in [0.1, 0.15) is 21.5 Å². The summed E-state index contributed by atoms with van der Waals surface area (Å²) >= 11 is 4.19. The number of alkyl halides is 1. The van der Waals surface area contributed by atoms with Gasteiger partial charge in [0, 0.05) is 11.9 Å². The molecule has 16 heavy (non-hydrogen) atoms. The maximum atomic E-state index is 11.4. The van der Waals surface area contributed by atoms with Gasteiger partial charge in [0.1, 0.15) is 0 Å². The van der Waals surface area contributed by atoms with Crippen LogP contribution in [0.2, 0.25) is 0 Å². The molecule has 0 spiro atoms. The van der Waals surface area contributed by atoms with Crippen molar-refractivity contribution in [2.75, 3.05) is 12.4 Å². The van der Waals surface area contributed by atoms with Crippen LogP contribution in [0.25, 0.3) is 0 Å². The maximum absolute atomic E-state index is 11.4. The van der Waals surface area contributed by atoms with Gasteiger partial charge in [0.05, 0.1) is 10.2 Å². The Balaban J connectivity index is 3.02. The van der Waals surface area contributed by atoms with E-state index in [0.29, 0.717) is 9.75 Å². The first-order valence-electron chi connectivity index (χ1n) is 4.57. The highest BCUT2D eigenvalue weighted by Gasteiger charge is 2.33. The first-order chi connectivity index (χ1) is 7.43. The van der Waals surface area contributed by atoms with Crippen molar-refractivity contribution in [3.63, 3.8) is 0 Å². The van der Waals surface area contributed by atoms with Crippen molar-refractivity contribution in [3.05, 3.63) is 21.9 Å². The van der Waals surface area contributed by atoms with Crippen molar-refractivity contribution in [1.29, 1.82) is 0 Å². The molecule has 0 unspecified atom stereocenters. The molecule has 2 N–H and O–H groups in total. The molecule has 0 fully saturated rings. The van der Waals surface area contributed by atoms with Gasteiger partial charge in [0.15, 0.2) is 11.4 Å². The second-order valence-electron chi connectivity index (χ2n) is 3.37. The van der Waals surface area contributed by atoms with E-state index in [2.05, 4.69) is 21.2 Å². The predicted molar refractivity (Wildman–Crippen MR) is 66.1 cm³/mol. The summed E-state index contributed by atoms with van der Waals surface area (Å²) in [6.45, 7) is 1.40. The summed E-state index contributed by atoms with van der Waals surface area (Å²) in [5, 5.41) is 12.6. The summed E-state index contributed by atoms with van der Waals surface area (Å²) in [5.41, 5.74) is -1.59. The molecule has 0 saturated heterocycles. The summed E-state index contributed by atoms with van der Waals surface area (Å²) in [7, 11) is 1.45. The number of thiophene rings is 1. The van der Waals surface area contributed by atoms with Crippen LogP contribution < -0.4 is 5.32 Å². The molecule has 1 rings (SSSR count). The van der Waals surface area contributed by atoms with Crippen LogP contribution in [0.4, 0.5) is 0 Å². The number of carbonyl (C=O) groups is 2. The minimum atomic E-state index is -1.59. The van der Waals surface area contributed by atoms with Gasteiger partial charge in [-0.3, -0.25) is 9.59 Å². The van der Waals surface area contributed by atoms with Gasteiger partial charge in [-0.15, -0.1) is 11.3 Å². The van der Waals surface area contributed by atoms with Crippen LogP contribution in [0, 0.1) is 0 Å². The van der Waals surface area contributed by atoms with E-state index in [-0.39, 0.29) is 11.1 Å². The van der Waals surface area contributed by atoms with Gasteiger partial charge in [-0.2, -0.15) is 0 Å². The molecule has 1 amide bonds. The number of carbonyl (C=O) groups excluding carboxylic acids is 2. The largest absolute Gasteiger partial charge is 0.375 e. The molecule has 0 aliphatic carbocycles. The number of ketones is 1. The fraction of sp³-hybridized carbons (Fsp3) is 0.400. The van der Waals surface area contributed by atoms with Crippen molar-refractivity contribution in [2.45, 2.75) is 12.5 Å². The summed E-state index contributed by atoms with van der Waals surface area (Å²) in [6.07, 6.45) is 0. The van der Waals surface area contributed by atoms with Crippen molar-refractivity contribution in [2.24, 2.45) is 0 Å². The van der Waals surface area contributed by atoms with Crippen LogP contribution in [-0.2, 0) is 10.4 Å². The van der Waals surface area contributed by atoms with E-state index in [0.717, 1.165) is 11.3 Å². The summed E-state index contributed by atoms with van der Waals surface area (Å²) in [4.78, 5) is 23.8. The SMILES string of the molecule is CNC(=O)[C@](C)(O)c1ccc(C(=O)CBr)s1. The highest BCUT2D eigenvalue weighted by atomic mass is 79.9. The third-order valence-electron chi connectivity index (χ3n) is 2.15. The van der Waals surface area contributed by atoms with E-state index in [1.54, 1.807) is 12.1 Å². The zero-order valence-electron chi connectivity index (χ0n) is 8.91.